The quantitative estimate of drug-likeness (QED) is 0.600. The van der Waals surface area contributed by atoms with Crippen molar-refractivity contribution < 1.29 is 9.59 Å². The van der Waals surface area contributed by atoms with Crippen LogP contribution in [0.25, 0.3) is 0 Å². The number of anilines is 1. The molecule has 1 N–H and O–H groups in total. The molecule has 1 aliphatic rings. The first-order chi connectivity index (χ1) is 9.08. The molecule has 0 atom stereocenters. The number of carbonyl (C=O) groups excluding carboxylic acids is 2. The summed E-state index contributed by atoms with van der Waals surface area (Å²) in [5.74, 6) is -1.22. The van der Waals surface area contributed by atoms with Crippen LogP contribution in [-0.4, -0.2) is 59.8 Å². The van der Waals surface area contributed by atoms with Crippen LogP contribution in [0, 0.1) is 0 Å². The lowest BCUT2D eigenvalue weighted by molar-refractivity contribution is -0.144. The van der Waals surface area contributed by atoms with E-state index < -0.39 is 11.8 Å². The summed E-state index contributed by atoms with van der Waals surface area (Å²) in [5, 5.41) is 2.65. The first-order valence-corrected chi connectivity index (χ1v) is 6.35. The van der Waals surface area contributed by atoms with Gasteiger partial charge in [0.05, 0.1) is 5.69 Å². The van der Waals surface area contributed by atoms with E-state index in [0.29, 0.717) is 18.8 Å². The van der Waals surface area contributed by atoms with E-state index in [1.807, 2.05) is 7.05 Å². The highest BCUT2D eigenvalue weighted by Gasteiger charge is 2.25. The number of aromatic nitrogens is 1. The molecule has 1 aliphatic heterocycles. The fraction of sp³-hybridized carbons (Fsp3) is 0.417. The Morgan fingerprint density at radius 3 is 2.63 bits per heavy atom. The summed E-state index contributed by atoms with van der Waals surface area (Å²) in [5.41, 5.74) is 0.344. The third-order valence-corrected chi connectivity index (χ3v) is 3.29. The van der Waals surface area contributed by atoms with Gasteiger partial charge < -0.3 is 15.1 Å². The van der Waals surface area contributed by atoms with Crippen LogP contribution in [0.1, 0.15) is 0 Å². The number of rotatable bonds is 1. The van der Waals surface area contributed by atoms with Gasteiger partial charge in [0.2, 0.25) is 0 Å². The topological polar surface area (TPSA) is 65.5 Å². The number of pyridine rings is 1. The van der Waals surface area contributed by atoms with E-state index in [1.54, 1.807) is 17.0 Å². The molecule has 19 heavy (non-hydrogen) atoms. The maximum absolute atomic E-state index is 12.0. The molecule has 2 rings (SSSR count). The monoisotopic (exact) mass is 282 g/mol. The van der Waals surface area contributed by atoms with Crippen molar-refractivity contribution in [1.29, 1.82) is 0 Å². The van der Waals surface area contributed by atoms with Gasteiger partial charge in [0.1, 0.15) is 0 Å². The van der Waals surface area contributed by atoms with Gasteiger partial charge in [-0.25, -0.2) is 4.98 Å². The van der Waals surface area contributed by atoms with E-state index in [1.165, 1.54) is 6.20 Å². The van der Waals surface area contributed by atoms with E-state index in [0.717, 1.165) is 13.1 Å². The van der Waals surface area contributed by atoms with Crippen molar-refractivity contribution in [2.24, 2.45) is 0 Å². The second-order valence-corrected chi connectivity index (χ2v) is 4.75. The molecular formula is C12H15ClN4O2. The van der Waals surface area contributed by atoms with Gasteiger partial charge >= 0.3 is 11.8 Å². The van der Waals surface area contributed by atoms with Gasteiger partial charge in [0.25, 0.3) is 0 Å². The lowest BCUT2D eigenvalue weighted by Gasteiger charge is -2.31. The number of amides is 2. The zero-order valence-electron chi connectivity index (χ0n) is 10.6. The largest absolute Gasteiger partial charge is 0.332 e. The van der Waals surface area contributed by atoms with Crippen LogP contribution in [0.15, 0.2) is 18.3 Å². The third kappa shape index (κ3) is 3.42. The number of hydrogen-bond acceptors (Lipinski definition) is 4. The van der Waals surface area contributed by atoms with Gasteiger partial charge in [-0.05, 0) is 19.2 Å². The van der Waals surface area contributed by atoms with Gasteiger partial charge in [-0.2, -0.15) is 0 Å². The number of carbonyl (C=O) groups is 2. The molecule has 6 nitrogen and oxygen atoms in total. The number of piperazine rings is 1. The molecule has 1 fully saturated rings. The number of likely N-dealkylation sites (N-methyl/N-ethyl adjacent to an activating group) is 1. The van der Waals surface area contributed by atoms with Crippen molar-refractivity contribution >= 4 is 29.1 Å². The van der Waals surface area contributed by atoms with E-state index in [-0.39, 0.29) is 5.15 Å². The Labute approximate surface area is 116 Å². The highest BCUT2D eigenvalue weighted by Crippen LogP contribution is 2.17. The highest BCUT2D eigenvalue weighted by atomic mass is 35.5. The van der Waals surface area contributed by atoms with Gasteiger partial charge in [0, 0.05) is 32.4 Å². The summed E-state index contributed by atoms with van der Waals surface area (Å²) in [4.78, 5) is 31.3. The van der Waals surface area contributed by atoms with Crippen molar-refractivity contribution in [1.82, 2.24) is 14.8 Å². The summed E-state index contributed by atoms with van der Waals surface area (Å²) in [6.45, 7) is 2.66. The van der Waals surface area contributed by atoms with Crippen molar-refractivity contribution in [2.75, 3.05) is 38.5 Å². The minimum absolute atomic E-state index is 0.169. The molecule has 0 saturated carbocycles. The minimum atomic E-state index is -0.681. The summed E-state index contributed by atoms with van der Waals surface area (Å²) in [6.07, 6.45) is 1.51. The van der Waals surface area contributed by atoms with Gasteiger partial charge in [0.15, 0.2) is 5.15 Å². The van der Waals surface area contributed by atoms with Crippen LogP contribution < -0.4 is 5.32 Å². The van der Waals surface area contributed by atoms with Crippen LogP contribution in [0.3, 0.4) is 0 Å². The smallest absolute Gasteiger partial charge is 0.313 e. The van der Waals surface area contributed by atoms with Crippen LogP contribution in [0.4, 0.5) is 5.69 Å². The Hall–Kier alpha value is -1.66. The summed E-state index contributed by atoms with van der Waals surface area (Å²) >= 11 is 5.82. The van der Waals surface area contributed by atoms with Crippen LogP contribution in [0.5, 0.6) is 0 Å². The molecule has 102 valence electrons. The number of hydrogen-bond donors (Lipinski definition) is 1. The Morgan fingerprint density at radius 2 is 2.00 bits per heavy atom. The van der Waals surface area contributed by atoms with E-state index in [2.05, 4.69) is 15.2 Å². The number of nitrogens with zero attached hydrogens (tertiary/aromatic N) is 3. The van der Waals surface area contributed by atoms with Crippen LogP contribution in [-0.2, 0) is 9.59 Å². The average molecular weight is 283 g/mol. The second-order valence-electron chi connectivity index (χ2n) is 4.39. The fourth-order valence-electron chi connectivity index (χ4n) is 1.81. The molecule has 2 heterocycles. The molecule has 0 unspecified atom stereocenters. The zero-order chi connectivity index (χ0) is 13.8. The van der Waals surface area contributed by atoms with Crippen molar-refractivity contribution in [3.8, 4) is 0 Å². The maximum atomic E-state index is 12.0. The summed E-state index contributed by atoms with van der Waals surface area (Å²) in [7, 11) is 1.98. The van der Waals surface area contributed by atoms with E-state index >= 15 is 0 Å². The predicted octanol–water partition coefficient (Wildman–Crippen LogP) is 0.447. The van der Waals surface area contributed by atoms with E-state index in [9.17, 15) is 9.59 Å². The van der Waals surface area contributed by atoms with Crippen LogP contribution in [0.2, 0.25) is 5.15 Å². The summed E-state index contributed by atoms with van der Waals surface area (Å²) < 4.78 is 0. The Balaban J connectivity index is 1.96. The minimum Gasteiger partial charge on any atom is -0.332 e. The molecule has 1 saturated heterocycles. The zero-order valence-corrected chi connectivity index (χ0v) is 11.4. The molecule has 0 spiro atoms. The lowest BCUT2D eigenvalue weighted by Crippen LogP contribution is -2.50. The van der Waals surface area contributed by atoms with Crippen molar-refractivity contribution in [3.05, 3.63) is 23.5 Å². The molecule has 7 heteroatoms. The molecule has 1 aromatic rings. The molecule has 1 aromatic heterocycles. The van der Waals surface area contributed by atoms with Crippen molar-refractivity contribution in [2.45, 2.75) is 0 Å². The molecule has 0 radical (unpaired) electrons. The van der Waals surface area contributed by atoms with Crippen molar-refractivity contribution in [3.63, 3.8) is 0 Å². The normalized spacial score (nSPS) is 16.2. The highest BCUT2D eigenvalue weighted by molar-refractivity contribution is 6.41. The number of halogens is 1. The van der Waals surface area contributed by atoms with Crippen LogP contribution >= 0.6 is 11.6 Å². The van der Waals surface area contributed by atoms with Gasteiger partial charge in [-0.15, -0.1) is 0 Å². The Morgan fingerprint density at radius 1 is 1.32 bits per heavy atom. The first kappa shape index (κ1) is 13.8. The van der Waals surface area contributed by atoms with Gasteiger partial charge in [-0.3, -0.25) is 9.59 Å². The predicted molar refractivity (Wildman–Crippen MR) is 72.0 cm³/mol. The summed E-state index contributed by atoms with van der Waals surface area (Å²) in [6, 6.07) is 3.24. The Kier molecular flexibility index (Phi) is 4.34. The molecule has 0 aromatic carbocycles. The fourth-order valence-corrected chi connectivity index (χ4v) is 1.97. The van der Waals surface area contributed by atoms with Gasteiger partial charge in [-0.1, -0.05) is 11.6 Å². The molecule has 0 aliphatic carbocycles. The standard InChI is InChI=1S/C12H15ClN4O2/c1-16-5-7-17(8-6-16)12(19)11(18)15-9-3-2-4-14-10(9)13/h2-4H,5-8H2,1H3,(H,15,18). The second kappa shape index (κ2) is 5.99. The molecule has 2 amide bonds. The molecular weight excluding hydrogens is 268 g/mol. The Bertz CT molecular complexity index is 486. The maximum Gasteiger partial charge on any atom is 0.313 e. The third-order valence-electron chi connectivity index (χ3n) is 2.99. The number of nitrogens with one attached hydrogen (secondary N) is 1. The van der Waals surface area contributed by atoms with E-state index in [4.69, 9.17) is 11.6 Å². The molecule has 0 bridgehead atoms. The SMILES string of the molecule is CN1CCN(C(=O)C(=O)Nc2cccnc2Cl)CC1. The first-order valence-electron chi connectivity index (χ1n) is 5.97. The lowest BCUT2D eigenvalue weighted by atomic mass is 10.3. The average Bonchev–Trinajstić information content (AvgIpc) is 2.41.